The molecule has 3 heteroatoms. The van der Waals surface area contributed by atoms with Crippen molar-refractivity contribution < 1.29 is 4.43 Å². The van der Waals surface area contributed by atoms with Crippen LogP contribution in [0.25, 0.3) is 0 Å². The van der Waals surface area contributed by atoms with Gasteiger partial charge in [-0.05, 0) is 25.4 Å². The van der Waals surface area contributed by atoms with Crippen LogP contribution in [-0.2, 0) is 4.43 Å². The molecule has 0 bridgehead atoms. The Balaban J connectivity index is 3.09. The van der Waals surface area contributed by atoms with Crippen LogP contribution < -0.4 is 0 Å². The van der Waals surface area contributed by atoms with Crippen LogP contribution in [0.3, 0.4) is 0 Å². The molecule has 0 N–H and O–H groups in total. The first-order valence-electron chi connectivity index (χ1n) is 5.24. The first-order chi connectivity index (χ1) is 5.92. The summed E-state index contributed by atoms with van der Waals surface area (Å²) in [6, 6.07) is 0. The highest BCUT2D eigenvalue weighted by atomic mass is 35.6. The van der Waals surface area contributed by atoms with Crippen LogP contribution in [0.5, 0.6) is 0 Å². The van der Waals surface area contributed by atoms with E-state index in [9.17, 15) is 0 Å². The Labute approximate surface area is 88.7 Å². The number of unbranched alkanes of at least 4 members (excludes halogenated alkanes) is 2. The molecule has 0 fully saturated rings. The fourth-order valence-corrected chi connectivity index (χ4v) is 2.01. The van der Waals surface area contributed by atoms with E-state index in [4.69, 9.17) is 15.5 Å². The minimum atomic E-state index is -1.77. The Morgan fingerprint density at radius 3 is 2.23 bits per heavy atom. The van der Waals surface area contributed by atoms with Crippen LogP contribution in [0.4, 0.5) is 0 Å². The summed E-state index contributed by atoms with van der Waals surface area (Å²) in [7, 11) is -1.77. The number of hydrogen-bond donors (Lipinski definition) is 0. The Morgan fingerprint density at radius 2 is 1.77 bits per heavy atom. The fourth-order valence-electron chi connectivity index (χ4n) is 1.15. The second-order valence-corrected chi connectivity index (χ2v) is 10.2. The second kappa shape index (κ2) is 6.85. The molecule has 0 spiro atoms. The lowest BCUT2D eigenvalue weighted by molar-refractivity contribution is 0.305. The van der Waals surface area contributed by atoms with Gasteiger partial charge in [0.1, 0.15) is 0 Å². The molecule has 0 radical (unpaired) electrons. The van der Waals surface area contributed by atoms with Gasteiger partial charge in [-0.15, -0.1) is 11.1 Å². The lowest BCUT2D eigenvalue weighted by Crippen LogP contribution is -2.22. The molecule has 0 aliphatic heterocycles. The molecular weight excluding hydrogens is 200 g/mol. The highest BCUT2D eigenvalue weighted by Crippen LogP contribution is 2.12. The molecule has 0 atom stereocenters. The lowest BCUT2D eigenvalue weighted by atomic mass is 10.1. The van der Waals surface area contributed by atoms with Crippen molar-refractivity contribution in [3.05, 3.63) is 0 Å². The van der Waals surface area contributed by atoms with E-state index in [0.29, 0.717) is 0 Å². The molecule has 0 amide bonds. The smallest absolute Gasteiger partial charge is 0.283 e. The summed E-state index contributed by atoms with van der Waals surface area (Å²) in [6.45, 7) is 9.42. The third-order valence-corrected chi connectivity index (χ3v) is 3.09. The van der Waals surface area contributed by atoms with E-state index >= 15 is 0 Å². The molecule has 0 unspecified atom stereocenters. The number of halogens is 1. The standard InChI is InChI=1S/C10H23ClOSi/c1-10(2)8-6-5-7-9-12-13(3,4)11/h10H,5-9H2,1-4H3. The molecule has 0 aliphatic rings. The van der Waals surface area contributed by atoms with E-state index < -0.39 is 7.63 Å². The maximum atomic E-state index is 6.01. The SMILES string of the molecule is CC(C)CCCCCO[Si](C)(C)Cl. The molecule has 0 rings (SSSR count). The van der Waals surface area contributed by atoms with Gasteiger partial charge in [0, 0.05) is 6.61 Å². The quantitative estimate of drug-likeness (QED) is 0.357. The van der Waals surface area contributed by atoms with Gasteiger partial charge in [-0.3, -0.25) is 0 Å². The summed E-state index contributed by atoms with van der Waals surface area (Å²) in [5, 5.41) is 0. The zero-order chi connectivity index (χ0) is 10.3. The van der Waals surface area contributed by atoms with Gasteiger partial charge in [0.25, 0.3) is 7.63 Å². The van der Waals surface area contributed by atoms with E-state index in [2.05, 4.69) is 13.8 Å². The maximum absolute atomic E-state index is 6.01. The van der Waals surface area contributed by atoms with Crippen molar-refractivity contribution in [2.75, 3.05) is 6.61 Å². The van der Waals surface area contributed by atoms with E-state index in [1.807, 2.05) is 13.1 Å². The average molecular weight is 223 g/mol. The van der Waals surface area contributed by atoms with Gasteiger partial charge in [0.05, 0.1) is 0 Å². The zero-order valence-corrected chi connectivity index (χ0v) is 11.2. The molecule has 0 heterocycles. The molecule has 0 aromatic heterocycles. The molecule has 0 saturated carbocycles. The van der Waals surface area contributed by atoms with Crippen molar-refractivity contribution in [1.82, 2.24) is 0 Å². The van der Waals surface area contributed by atoms with Gasteiger partial charge in [0.15, 0.2) is 0 Å². The van der Waals surface area contributed by atoms with Gasteiger partial charge < -0.3 is 4.43 Å². The Morgan fingerprint density at radius 1 is 1.15 bits per heavy atom. The number of rotatable bonds is 7. The van der Waals surface area contributed by atoms with Crippen LogP contribution in [0.2, 0.25) is 13.1 Å². The van der Waals surface area contributed by atoms with Crippen molar-refractivity contribution in [3.8, 4) is 0 Å². The average Bonchev–Trinajstić information content (AvgIpc) is 1.93. The van der Waals surface area contributed by atoms with Gasteiger partial charge in [-0.25, -0.2) is 0 Å². The van der Waals surface area contributed by atoms with E-state index in [1.54, 1.807) is 0 Å². The predicted octanol–water partition coefficient (Wildman–Crippen LogP) is 4.16. The Kier molecular flexibility index (Phi) is 7.10. The summed E-state index contributed by atoms with van der Waals surface area (Å²) in [4.78, 5) is 0. The largest absolute Gasteiger partial charge is 0.403 e. The molecule has 0 saturated heterocycles. The Bertz CT molecular complexity index is 121. The van der Waals surface area contributed by atoms with Crippen LogP contribution in [0, 0.1) is 5.92 Å². The monoisotopic (exact) mass is 222 g/mol. The van der Waals surface area contributed by atoms with E-state index in [0.717, 1.165) is 18.9 Å². The van der Waals surface area contributed by atoms with Gasteiger partial charge in [0.2, 0.25) is 0 Å². The van der Waals surface area contributed by atoms with Gasteiger partial charge in [-0.1, -0.05) is 33.1 Å². The summed E-state index contributed by atoms with van der Waals surface area (Å²) in [5.74, 6) is 0.833. The summed E-state index contributed by atoms with van der Waals surface area (Å²) in [6.07, 6.45) is 5.10. The number of hydrogen-bond acceptors (Lipinski definition) is 1. The summed E-state index contributed by atoms with van der Waals surface area (Å²) >= 11 is 6.01. The third kappa shape index (κ3) is 12.5. The fraction of sp³-hybridized carbons (Fsp3) is 1.00. The summed E-state index contributed by atoms with van der Waals surface area (Å²) < 4.78 is 5.54. The second-order valence-electron chi connectivity index (χ2n) is 4.46. The van der Waals surface area contributed by atoms with Gasteiger partial charge >= 0.3 is 0 Å². The van der Waals surface area contributed by atoms with Crippen LogP contribution in [0.1, 0.15) is 39.5 Å². The molecule has 0 aromatic carbocycles. The van der Waals surface area contributed by atoms with Crippen molar-refractivity contribution in [1.29, 1.82) is 0 Å². The minimum Gasteiger partial charge on any atom is -0.403 e. The zero-order valence-electron chi connectivity index (χ0n) is 9.40. The van der Waals surface area contributed by atoms with E-state index in [-0.39, 0.29) is 0 Å². The van der Waals surface area contributed by atoms with Crippen molar-refractivity contribution in [2.45, 2.75) is 52.6 Å². The maximum Gasteiger partial charge on any atom is 0.283 e. The van der Waals surface area contributed by atoms with Crippen molar-refractivity contribution >= 4 is 18.7 Å². The molecular formula is C10H23ClOSi. The molecule has 0 aromatic rings. The summed E-state index contributed by atoms with van der Waals surface area (Å²) in [5.41, 5.74) is 0. The molecule has 0 aliphatic carbocycles. The normalized spacial score (nSPS) is 12.5. The van der Waals surface area contributed by atoms with E-state index in [1.165, 1.54) is 19.3 Å². The first kappa shape index (κ1) is 13.5. The van der Waals surface area contributed by atoms with Crippen LogP contribution >= 0.6 is 11.1 Å². The van der Waals surface area contributed by atoms with Crippen molar-refractivity contribution in [3.63, 3.8) is 0 Å². The predicted molar refractivity (Wildman–Crippen MR) is 62.6 cm³/mol. The highest BCUT2D eigenvalue weighted by molar-refractivity contribution is 7.15. The van der Waals surface area contributed by atoms with Crippen LogP contribution in [-0.4, -0.2) is 14.2 Å². The van der Waals surface area contributed by atoms with Gasteiger partial charge in [-0.2, -0.15) is 0 Å². The minimum absolute atomic E-state index is 0.833. The Hall–Kier alpha value is 0.467. The third-order valence-electron chi connectivity index (χ3n) is 1.87. The first-order valence-corrected chi connectivity index (χ1v) is 9.16. The van der Waals surface area contributed by atoms with Crippen molar-refractivity contribution in [2.24, 2.45) is 5.92 Å². The molecule has 1 nitrogen and oxygen atoms in total. The molecule has 80 valence electrons. The topological polar surface area (TPSA) is 9.23 Å². The highest BCUT2D eigenvalue weighted by Gasteiger charge is 2.17. The molecule has 13 heavy (non-hydrogen) atoms. The van der Waals surface area contributed by atoms with Crippen LogP contribution in [0.15, 0.2) is 0 Å². The lowest BCUT2D eigenvalue weighted by Gasteiger charge is -2.14.